The molecule has 1 saturated heterocycles. The number of methoxy groups -OCH3 is 1. The van der Waals surface area contributed by atoms with Gasteiger partial charge in [-0.3, -0.25) is 0 Å². The first-order valence-electron chi connectivity index (χ1n) is 6.43. The summed E-state index contributed by atoms with van der Waals surface area (Å²) >= 11 is 0. The summed E-state index contributed by atoms with van der Waals surface area (Å²) in [5.74, 6) is 0.337. The molecule has 1 unspecified atom stereocenters. The predicted octanol–water partition coefficient (Wildman–Crippen LogP) is 1.88. The molecule has 0 saturated carbocycles. The predicted molar refractivity (Wildman–Crippen MR) is 71.9 cm³/mol. The Bertz CT molecular complexity index is 401. The van der Waals surface area contributed by atoms with E-state index in [1.807, 2.05) is 18.2 Å². The molecule has 18 heavy (non-hydrogen) atoms. The summed E-state index contributed by atoms with van der Waals surface area (Å²) < 4.78 is 4.78. The van der Waals surface area contributed by atoms with Crippen molar-refractivity contribution in [2.45, 2.75) is 12.8 Å². The minimum absolute atomic E-state index is 0.292. The fraction of sp³-hybridized carbons (Fsp3) is 0.500. The van der Waals surface area contributed by atoms with Crippen LogP contribution in [0.2, 0.25) is 0 Å². The zero-order chi connectivity index (χ0) is 12.8. The van der Waals surface area contributed by atoms with Crippen molar-refractivity contribution >= 4 is 11.7 Å². The zero-order valence-electron chi connectivity index (χ0n) is 10.7. The highest BCUT2D eigenvalue weighted by Gasteiger charge is 2.15. The number of rotatable bonds is 4. The van der Waals surface area contributed by atoms with Gasteiger partial charge in [0.15, 0.2) is 0 Å². The molecule has 0 amide bonds. The third-order valence-corrected chi connectivity index (χ3v) is 3.31. The summed E-state index contributed by atoms with van der Waals surface area (Å²) in [6.07, 6.45) is 2.46. The third kappa shape index (κ3) is 3.23. The Morgan fingerprint density at radius 1 is 1.50 bits per heavy atom. The van der Waals surface area contributed by atoms with E-state index in [1.54, 1.807) is 6.07 Å². The number of hydrogen-bond donors (Lipinski definition) is 2. The average Bonchev–Trinajstić information content (AvgIpc) is 2.45. The van der Waals surface area contributed by atoms with Gasteiger partial charge in [0, 0.05) is 12.2 Å². The Balaban J connectivity index is 1.97. The maximum Gasteiger partial charge on any atom is 0.339 e. The van der Waals surface area contributed by atoms with E-state index in [4.69, 9.17) is 4.74 Å². The molecule has 2 rings (SSSR count). The number of para-hydroxylation sites is 1. The maximum atomic E-state index is 11.6. The molecule has 0 aromatic heterocycles. The van der Waals surface area contributed by atoms with Crippen molar-refractivity contribution in [3.05, 3.63) is 29.8 Å². The van der Waals surface area contributed by atoms with Crippen molar-refractivity contribution in [3.63, 3.8) is 0 Å². The van der Waals surface area contributed by atoms with Gasteiger partial charge in [-0.1, -0.05) is 12.1 Å². The van der Waals surface area contributed by atoms with Crippen molar-refractivity contribution < 1.29 is 9.53 Å². The number of nitrogens with one attached hydrogen (secondary N) is 2. The van der Waals surface area contributed by atoms with E-state index in [9.17, 15) is 4.79 Å². The molecular weight excluding hydrogens is 228 g/mol. The highest BCUT2D eigenvalue weighted by atomic mass is 16.5. The van der Waals surface area contributed by atoms with Gasteiger partial charge in [-0.2, -0.15) is 0 Å². The lowest BCUT2D eigenvalue weighted by molar-refractivity contribution is 0.0602. The summed E-state index contributed by atoms with van der Waals surface area (Å²) in [7, 11) is 1.41. The van der Waals surface area contributed by atoms with Crippen LogP contribution in [0, 0.1) is 5.92 Å². The number of esters is 1. The maximum absolute atomic E-state index is 11.6. The molecule has 0 spiro atoms. The van der Waals surface area contributed by atoms with Gasteiger partial charge in [-0.25, -0.2) is 4.79 Å². The topological polar surface area (TPSA) is 50.4 Å². The fourth-order valence-corrected chi connectivity index (χ4v) is 2.28. The van der Waals surface area contributed by atoms with E-state index in [-0.39, 0.29) is 5.97 Å². The van der Waals surface area contributed by atoms with E-state index in [0.717, 1.165) is 25.3 Å². The average molecular weight is 248 g/mol. The van der Waals surface area contributed by atoms with Gasteiger partial charge in [0.2, 0.25) is 0 Å². The van der Waals surface area contributed by atoms with Crippen LogP contribution in [0.3, 0.4) is 0 Å². The van der Waals surface area contributed by atoms with Crippen LogP contribution in [0.25, 0.3) is 0 Å². The smallest absolute Gasteiger partial charge is 0.339 e. The van der Waals surface area contributed by atoms with Gasteiger partial charge >= 0.3 is 5.97 Å². The number of anilines is 1. The standard InChI is InChI=1S/C14H20N2O2/c1-18-14(17)12-6-2-3-7-13(12)16-10-11-5-4-8-15-9-11/h2-3,6-7,11,15-16H,4-5,8-10H2,1H3. The van der Waals surface area contributed by atoms with Crippen molar-refractivity contribution in [2.24, 2.45) is 5.92 Å². The molecular formula is C14H20N2O2. The molecule has 2 N–H and O–H groups in total. The molecule has 1 atom stereocenters. The van der Waals surface area contributed by atoms with Gasteiger partial charge in [-0.15, -0.1) is 0 Å². The fourth-order valence-electron chi connectivity index (χ4n) is 2.28. The highest BCUT2D eigenvalue weighted by Crippen LogP contribution is 2.18. The van der Waals surface area contributed by atoms with Crippen LogP contribution in [0.5, 0.6) is 0 Å². The van der Waals surface area contributed by atoms with Crippen molar-refractivity contribution in [1.82, 2.24) is 5.32 Å². The first-order valence-corrected chi connectivity index (χ1v) is 6.43. The summed E-state index contributed by atoms with van der Waals surface area (Å²) in [5, 5.41) is 6.75. The van der Waals surface area contributed by atoms with Crippen LogP contribution in [0.15, 0.2) is 24.3 Å². The first kappa shape index (κ1) is 12.9. The number of piperidine rings is 1. The normalized spacial score (nSPS) is 19.3. The summed E-state index contributed by atoms with van der Waals surface area (Å²) in [6, 6.07) is 7.48. The SMILES string of the molecule is COC(=O)c1ccccc1NCC1CCCNC1. The van der Waals surface area contributed by atoms with Crippen LogP contribution >= 0.6 is 0 Å². The molecule has 0 aliphatic carbocycles. The molecule has 1 aliphatic rings. The minimum atomic E-state index is -0.292. The summed E-state index contributed by atoms with van der Waals surface area (Å²) in [4.78, 5) is 11.6. The van der Waals surface area contributed by atoms with Gasteiger partial charge in [-0.05, 0) is 44.0 Å². The number of ether oxygens (including phenoxy) is 1. The molecule has 0 bridgehead atoms. The number of carbonyl (C=O) groups is 1. The lowest BCUT2D eigenvalue weighted by Crippen LogP contribution is -2.33. The monoisotopic (exact) mass is 248 g/mol. The molecule has 1 aromatic rings. The Morgan fingerprint density at radius 3 is 3.06 bits per heavy atom. The van der Waals surface area contributed by atoms with Crippen molar-refractivity contribution in [1.29, 1.82) is 0 Å². The Kier molecular flexibility index (Phi) is 4.59. The lowest BCUT2D eigenvalue weighted by atomic mass is 9.99. The van der Waals surface area contributed by atoms with Crippen LogP contribution in [0.4, 0.5) is 5.69 Å². The van der Waals surface area contributed by atoms with E-state index in [0.29, 0.717) is 11.5 Å². The summed E-state index contributed by atoms with van der Waals surface area (Å²) in [5.41, 5.74) is 1.46. The molecule has 1 heterocycles. The second-order valence-electron chi connectivity index (χ2n) is 4.63. The van der Waals surface area contributed by atoms with Crippen LogP contribution < -0.4 is 10.6 Å². The van der Waals surface area contributed by atoms with Crippen molar-refractivity contribution in [3.8, 4) is 0 Å². The minimum Gasteiger partial charge on any atom is -0.465 e. The third-order valence-electron chi connectivity index (χ3n) is 3.31. The van der Waals surface area contributed by atoms with Gasteiger partial charge in [0.05, 0.1) is 12.7 Å². The molecule has 4 nitrogen and oxygen atoms in total. The Hall–Kier alpha value is -1.55. The quantitative estimate of drug-likeness (QED) is 0.799. The van der Waals surface area contributed by atoms with Gasteiger partial charge in [0.25, 0.3) is 0 Å². The lowest BCUT2D eigenvalue weighted by Gasteiger charge is -2.23. The number of hydrogen-bond acceptors (Lipinski definition) is 4. The number of benzene rings is 1. The molecule has 1 fully saturated rings. The van der Waals surface area contributed by atoms with Crippen molar-refractivity contribution in [2.75, 3.05) is 32.1 Å². The van der Waals surface area contributed by atoms with Gasteiger partial charge in [0.1, 0.15) is 0 Å². The molecule has 0 radical (unpaired) electrons. The van der Waals surface area contributed by atoms with E-state index >= 15 is 0 Å². The molecule has 4 heteroatoms. The molecule has 98 valence electrons. The second-order valence-corrected chi connectivity index (χ2v) is 4.63. The second kappa shape index (κ2) is 6.40. The first-order chi connectivity index (χ1) is 8.81. The Labute approximate surface area is 108 Å². The van der Waals surface area contributed by atoms with Crippen LogP contribution in [-0.2, 0) is 4.74 Å². The number of carbonyl (C=O) groups excluding carboxylic acids is 1. The van der Waals surface area contributed by atoms with Gasteiger partial charge < -0.3 is 15.4 Å². The van der Waals surface area contributed by atoms with Crippen LogP contribution in [0.1, 0.15) is 23.2 Å². The van der Waals surface area contributed by atoms with E-state index in [2.05, 4.69) is 10.6 Å². The summed E-state index contributed by atoms with van der Waals surface area (Å²) in [6.45, 7) is 3.06. The highest BCUT2D eigenvalue weighted by molar-refractivity contribution is 5.95. The Morgan fingerprint density at radius 2 is 2.33 bits per heavy atom. The molecule has 1 aromatic carbocycles. The molecule has 1 aliphatic heterocycles. The zero-order valence-corrected chi connectivity index (χ0v) is 10.7. The largest absolute Gasteiger partial charge is 0.465 e. The van der Waals surface area contributed by atoms with E-state index in [1.165, 1.54) is 20.0 Å². The van der Waals surface area contributed by atoms with Crippen LogP contribution in [-0.4, -0.2) is 32.7 Å². The van der Waals surface area contributed by atoms with E-state index < -0.39 is 0 Å².